The predicted molar refractivity (Wildman–Crippen MR) is 205 cm³/mol. The van der Waals surface area contributed by atoms with Gasteiger partial charge in [-0.25, -0.2) is 13.1 Å². The van der Waals surface area contributed by atoms with E-state index in [1.165, 1.54) is 5.56 Å². The lowest BCUT2D eigenvalue weighted by Crippen LogP contribution is -2.59. The number of ether oxygens (including phenoxy) is 2. The second-order valence-corrected chi connectivity index (χ2v) is 18.1. The van der Waals surface area contributed by atoms with Crippen LogP contribution in [0.25, 0.3) is 0 Å². The number of halogens is 1. The fourth-order valence-electron chi connectivity index (χ4n) is 8.42. The number of hydrogen-bond acceptors (Lipinski definition) is 8. The zero-order valence-electron chi connectivity index (χ0n) is 31.1. The van der Waals surface area contributed by atoms with Gasteiger partial charge in [0.25, 0.3) is 5.91 Å². The molecule has 2 aromatic rings. The zero-order valence-corrected chi connectivity index (χ0v) is 32.6. The Morgan fingerprint density at radius 1 is 1.02 bits per heavy atom. The summed E-state index contributed by atoms with van der Waals surface area (Å²) in [6, 6.07) is 11.8. The molecule has 1 saturated heterocycles. The Bertz CT molecular complexity index is 1680. The summed E-state index contributed by atoms with van der Waals surface area (Å²) in [5.74, 6) is 0.493. The minimum Gasteiger partial charge on any atom is -0.487 e. The highest BCUT2D eigenvalue weighted by molar-refractivity contribution is 7.90. The summed E-state index contributed by atoms with van der Waals surface area (Å²) in [5, 5.41) is -0.0531. The standard InChI is InChI=1S/C40H57ClN4O5S/c1-28(2)44-21-19-43(20-22-44)27-40(49-5)17-8-9-29(3)30(4)51(47,48)42-39(46)32-13-16-38-37(24-32)45(25-33-12-15-36(33)40)18-7-6-10-31-23-35(41)14-11-34(31)26-50-38/h8,11,13-14,16-17,23-24,28-30,33,36H,6-7,9-10,12,15,18-22,25-27H2,1-5H3,(H,42,46)/b17-8+/t29-,30+,33-,36+,40+/m0/s1. The van der Waals surface area contributed by atoms with Gasteiger partial charge in [0, 0.05) is 69.6 Å². The molecular weight excluding hydrogens is 684 g/mol. The highest BCUT2D eigenvalue weighted by atomic mass is 35.5. The lowest BCUT2D eigenvalue weighted by Gasteiger charge is -2.52. The number of nitrogens with one attached hydrogen (secondary N) is 1. The van der Waals surface area contributed by atoms with Crippen LogP contribution in [0.3, 0.4) is 0 Å². The molecule has 1 saturated carbocycles. The van der Waals surface area contributed by atoms with Crippen molar-refractivity contribution in [1.82, 2.24) is 14.5 Å². The van der Waals surface area contributed by atoms with Crippen molar-refractivity contribution in [3.05, 3.63) is 70.3 Å². The highest BCUT2D eigenvalue weighted by Crippen LogP contribution is 2.47. The van der Waals surface area contributed by atoms with Gasteiger partial charge in [-0.1, -0.05) is 36.7 Å². The molecule has 4 aliphatic rings. The van der Waals surface area contributed by atoms with Gasteiger partial charge in [0.2, 0.25) is 10.0 Å². The zero-order chi connectivity index (χ0) is 36.3. The van der Waals surface area contributed by atoms with Crippen LogP contribution in [0.15, 0.2) is 48.6 Å². The summed E-state index contributed by atoms with van der Waals surface area (Å²) in [6.45, 7) is 15.0. The average molecular weight is 741 g/mol. The van der Waals surface area contributed by atoms with Crippen molar-refractivity contribution in [2.45, 2.75) is 89.7 Å². The quantitative estimate of drug-likeness (QED) is 0.354. The van der Waals surface area contributed by atoms with E-state index >= 15 is 0 Å². The van der Waals surface area contributed by atoms with Crippen molar-refractivity contribution < 1.29 is 22.7 Å². The largest absolute Gasteiger partial charge is 0.487 e. The smallest absolute Gasteiger partial charge is 0.264 e. The second-order valence-electron chi connectivity index (χ2n) is 15.6. The van der Waals surface area contributed by atoms with Gasteiger partial charge in [0.15, 0.2) is 0 Å². The molecule has 3 heterocycles. The third-order valence-electron chi connectivity index (χ3n) is 12.2. The molecule has 0 unspecified atom stereocenters. The van der Waals surface area contributed by atoms with E-state index in [4.69, 9.17) is 21.1 Å². The number of amides is 1. The number of piperazine rings is 1. The molecule has 1 amide bonds. The van der Waals surface area contributed by atoms with E-state index in [9.17, 15) is 13.2 Å². The molecule has 3 aliphatic heterocycles. The van der Waals surface area contributed by atoms with Gasteiger partial charge in [-0.3, -0.25) is 14.6 Å². The van der Waals surface area contributed by atoms with Crippen molar-refractivity contribution in [3.63, 3.8) is 0 Å². The van der Waals surface area contributed by atoms with Crippen LogP contribution in [0.5, 0.6) is 5.75 Å². The van der Waals surface area contributed by atoms with Crippen LogP contribution in [0.2, 0.25) is 5.02 Å². The molecule has 9 nitrogen and oxygen atoms in total. The number of allylic oxidation sites excluding steroid dienone is 1. The van der Waals surface area contributed by atoms with Crippen molar-refractivity contribution in [2.75, 3.05) is 57.8 Å². The minimum atomic E-state index is -3.95. The summed E-state index contributed by atoms with van der Waals surface area (Å²) in [6.07, 6.45) is 9.93. The maximum Gasteiger partial charge on any atom is 0.264 e. The topological polar surface area (TPSA) is 91.4 Å². The SMILES string of the molecule is CO[C@@]1(CN2CCN(C(C)C)CC2)/C=C/C[C@H](C)[C@@H](C)S(=O)(=O)NC(=O)c2ccc3c(c2)N(CCCCc2cc(Cl)ccc2CO3)C[C@@H]2CC[C@H]21. The van der Waals surface area contributed by atoms with Crippen LogP contribution >= 0.6 is 11.6 Å². The van der Waals surface area contributed by atoms with E-state index in [0.717, 1.165) is 94.2 Å². The Kier molecular flexibility index (Phi) is 12.1. The molecule has 2 fully saturated rings. The molecule has 6 rings (SSSR count). The number of aryl methyl sites for hydroxylation is 1. The molecule has 5 atom stereocenters. The molecule has 0 spiro atoms. The number of benzene rings is 2. The summed E-state index contributed by atoms with van der Waals surface area (Å²) in [5.41, 5.74) is 2.90. The van der Waals surface area contributed by atoms with Crippen molar-refractivity contribution in [2.24, 2.45) is 17.8 Å². The van der Waals surface area contributed by atoms with Crippen molar-refractivity contribution in [3.8, 4) is 5.75 Å². The van der Waals surface area contributed by atoms with Gasteiger partial charge in [-0.15, -0.1) is 0 Å². The third-order valence-corrected chi connectivity index (χ3v) is 14.3. The van der Waals surface area contributed by atoms with Crippen molar-refractivity contribution >= 4 is 33.2 Å². The number of sulfonamides is 1. The van der Waals surface area contributed by atoms with Gasteiger partial charge >= 0.3 is 0 Å². The molecule has 0 aromatic heterocycles. The fourth-order valence-corrected chi connectivity index (χ4v) is 9.90. The van der Waals surface area contributed by atoms with Gasteiger partial charge in [0.1, 0.15) is 18.0 Å². The first kappa shape index (κ1) is 38.1. The molecule has 2 bridgehead atoms. The number of methoxy groups -OCH3 is 1. The molecule has 2 aromatic carbocycles. The van der Waals surface area contributed by atoms with E-state index in [-0.39, 0.29) is 11.8 Å². The summed E-state index contributed by atoms with van der Waals surface area (Å²) >= 11 is 6.40. The van der Waals surface area contributed by atoms with Crippen LogP contribution in [-0.4, -0.2) is 93.9 Å². The normalized spacial score (nSPS) is 30.2. The minimum absolute atomic E-state index is 0.213. The van der Waals surface area contributed by atoms with Crippen LogP contribution in [-0.2, 0) is 27.8 Å². The van der Waals surface area contributed by atoms with Crippen molar-refractivity contribution in [1.29, 1.82) is 0 Å². The molecule has 51 heavy (non-hydrogen) atoms. The van der Waals surface area contributed by atoms with E-state index in [2.05, 4.69) is 45.4 Å². The summed E-state index contributed by atoms with van der Waals surface area (Å²) in [4.78, 5) is 21.1. The number of rotatable bonds is 4. The van der Waals surface area contributed by atoms with Crippen LogP contribution in [0.4, 0.5) is 5.69 Å². The Balaban J connectivity index is 1.38. The second kappa shape index (κ2) is 16.2. The maximum absolute atomic E-state index is 13.6. The molecule has 11 heteroatoms. The first-order valence-corrected chi connectivity index (χ1v) is 20.9. The molecule has 1 N–H and O–H groups in total. The monoisotopic (exact) mass is 740 g/mol. The van der Waals surface area contributed by atoms with Gasteiger partial charge in [0.05, 0.1) is 10.9 Å². The first-order valence-electron chi connectivity index (χ1n) is 18.9. The van der Waals surface area contributed by atoms with Crippen LogP contribution in [0.1, 0.15) is 81.3 Å². The number of hydrogen-bond donors (Lipinski definition) is 1. The Hall–Kier alpha value is -2.63. The summed E-state index contributed by atoms with van der Waals surface area (Å²) < 4.78 is 42.7. The lowest BCUT2D eigenvalue weighted by molar-refractivity contribution is -0.0960. The van der Waals surface area contributed by atoms with Crippen LogP contribution < -0.4 is 14.4 Å². The lowest BCUT2D eigenvalue weighted by atomic mass is 9.63. The van der Waals surface area contributed by atoms with E-state index in [1.807, 2.05) is 44.4 Å². The summed E-state index contributed by atoms with van der Waals surface area (Å²) in [7, 11) is -2.10. The van der Waals surface area contributed by atoms with Gasteiger partial charge in [-0.05, 0) is 119 Å². The maximum atomic E-state index is 13.6. The number of anilines is 1. The fraction of sp³-hybridized carbons (Fsp3) is 0.625. The molecular formula is C40H57ClN4O5S. The van der Waals surface area contributed by atoms with E-state index in [0.29, 0.717) is 36.3 Å². The Labute approximate surface area is 310 Å². The van der Waals surface area contributed by atoms with Crippen LogP contribution in [0, 0.1) is 17.8 Å². The first-order chi connectivity index (χ1) is 24.4. The number of nitrogens with zero attached hydrogens (tertiary/aromatic N) is 3. The third kappa shape index (κ3) is 8.62. The number of carbonyl (C=O) groups is 1. The molecule has 0 radical (unpaired) electrons. The average Bonchev–Trinajstić information content (AvgIpc) is 3.12. The Morgan fingerprint density at radius 3 is 2.51 bits per heavy atom. The number of fused-ring (bicyclic) bond motifs is 3. The van der Waals surface area contributed by atoms with Gasteiger partial charge in [-0.2, -0.15) is 0 Å². The van der Waals surface area contributed by atoms with Gasteiger partial charge < -0.3 is 14.4 Å². The molecule has 280 valence electrons. The van der Waals surface area contributed by atoms with E-state index in [1.54, 1.807) is 13.0 Å². The Morgan fingerprint density at radius 2 is 1.80 bits per heavy atom. The highest BCUT2D eigenvalue weighted by Gasteiger charge is 2.48. The van der Waals surface area contributed by atoms with E-state index < -0.39 is 26.8 Å². The number of carbonyl (C=O) groups excluding carboxylic acids is 1. The predicted octanol–water partition coefficient (Wildman–Crippen LogP) is 6.54. The molecule has 1 aliphatic carbocycles.